The number of nitrogens with two attached hydrogens (primary N) is 1. The van der Waals surface area contributed by atoms with Crippen LogP contribution in [0.15, 0.2) is 46.9 Å². The van der Waals surface area contributed by atoms with Gasteiger partial charge in [0.05, 0.1) is 12.3 Å². The lowest BCUT2D eigenvalue weighted by molar-refractivity contribution is 0.185. The van der Waals surface area contributed by atoms with Gasteiger partial charge in [-0.05, 0) is 40.2 Å². The SMILES string of the molecule is COCc1ccccc1Nc1ccc(N)cc1Br. The summed E-state index contributed by atoms with van der Waals surface area (Å²) in [6.07, 6.45) is 0. The van der Waals surface area contributed by atoms with Crippen molar-refractivity contribution < 1.29 is 4.74 Å². The van der Waals surface area contributed by atoms with Crippen LogP contribution in [0, 0.1) is 0 Å². The Labute approximate surface area is 115 Å². The molecular formula is C14H15BrN2O. The van der Waals surface area contributed by atoms with E-state index >= 15 is 0 Å². The lowest BCUT2D eigenvalue weighted by Gasteiger charge is -2.13. The van der Waals surface area contributed by atoms with E-state index in [1.165, 1.54) is 0 Å². The van der Waals surface area contributed by atoms with Gasteiger partial charge >= 0.3 is 0 Å². The number of rotatable bonds is 4. The van der Waals surface area contributed by atoms with Crippen molar-refractivity contribution in [2.24, 2.45) is 0 Å². The third-order valence-electron chi connectivity index (χ3n) is 2.58. The van der Waals surface area contributed by atoms with E-state index in [1.54, 1.807) is 7.11 Å². The fourth-order valence-corrected chi connectivity index (χ4v) is 2.20. The third kappa shape index (κ3) is 3.03. The first-order valence-corrected chi connectivity index (χ1v) is 6.39. The van der Waals surface area contributed by atoms with Crippen LogP contribution in [0.3, 0.4) is 0 Å². The van der Waals surface area contributed by atoms with Crippen molar-refractivity contribution in [1.29, 1.82) is 0 Å². The monoisotopic (exact) mass is 306 g/mol. The first kappa shape index (κ1) is 12.9. The van der Waals surface area contributed by atoms with Gasteiger partial charge in [-0.1, -0.05) is 18.2 Å². The van der Waals surface area contributed by atoms with Crippen molar-refractivity contribution in [3.8, 4) is 0 Å². The quantitative estimate of drug-likeness (QED) is 0.842. The highest BCUT2D eigenvalue weighted by molar-refractivity contribution is 9.10. The van der Waals surface area contributed by atoms with Crippen LogP contribution in [0.1, 0.15) is 5.56 Å². The zero-order valence-electron chi connectivity index (χ0n) is 10.1. The molecule has 0 fully saturated rings. The van der Waals surface area contributed by atoms with Gasteiger partial charge < -0.3 is 15.8 Å². The van der Waals surface area contributed by atoms with E-state index < -0.39 is 0 Å². The molecule has 0 unspecified atom stereocenters. The number of hydrogen-bond donors (Lipinski definition) is 2. The highest BCUT2D eigenvalue weighted by Crippen LogP contribution is 2.29. The van der Waals surface area contributed by atoms with Crippen LogP contribution in [-0.4, -0.2) is 7.11 Å². The Bertz CT molecular complexity index is 543. The molecule has 4 heteroatoms. The molecule has 2 rings (SSSR count). The lowest BCUT2D eigenvalue weighted by atomic mass is 10.2. The third-order valence-corrected chi connectivity index (χ3v) is 3.24. The fraction of sp³-hybridized carbons (Fsp3) is 0.143. The summed E-state index contributed by atoms with van der Waals surface area (Å²) in [6.45, 7) is 0.579. The normalized spacial score (nSPS) is 10.3. The molecule has 0 aliphatic rings. The van der Waals surface area contributed by atoms with Gasteiger partial charge in [0.1, 0.15) is 0 Å². The highest BCUT2D eigenvalue weighted by atomic mass is 79.9. The number of nitrogens with one attached hydrogen (secondary N) is 1. The molecular weight excluding hydrogens is 292 g/mol. The highest BCUT2D eigenvalue weighted by Gasteiger charge is 2.04. The summed E-state index contributed by atoms with van der Waals surface area (Å²) in [7, 11) is 1.69. The maximum Gasteiger partial charge on any atom is 0.0733 e. The molecule has 0 saturated heterocycles. The van der Waals surface area contributed by atoms with Gasteiger partial charge in [0.25, 0.3) is 0 Å². The van der Waals surface area contributed by atoms with Crippen molar-refractivity contribution in [1.82, 2.24) is 0 Å². The first-order chi connectivity index (χ1) is 8.70. The van der Waals surface area contributed by atoms with Gasteiger partial charge in [0.15, 0.2) is 0 Å². The number of para-hydroxylation sites is 1. The molecule has 2 aromatic carbocycles. The summed E-state index contributed by atoms with van der Waals surface area (Å²) in [5, 5.41) is 3.37. The molecule has 94 valence electrons. The van der Waals surface area contributed by atoms with E-state index in [0.717, 1.165) is 27.1 Å². The maximum atomic E-state index is 5.72. The molecule has 0 bridgehead atoms. The number of halogens is 1. The van der Waals surface area contributed by atoms with Crippen LogP contribution in [0.4, 0.5) is 17.1 Å². The second-order valence-corrected chi connectivity index (χ2v) is 4.81. The Morgan fingerprint density at radius 3 is 2.67 bits per heavy atom. The van der Waals surface area contributed by atoms with E-state index in [4.69, 9.17) is 10.5 Å². The molecule has 0 radical (unpaired) electrons. The summed E-state index contributed by atoms with van der Waals surface area (Å²) in [4.78, 5) is 0. The molecule has 0 aliphatic carbocycles. The van der Waals surface area contributed by atoms with Crippen LogP contribution in [0.2, 0.25) is 0 Å². The summed E-state index contributed by atoms with van der Waals surface area (Å²) >= 11 is 3.49. The molecule has 18 heavy (non-hydrogen) atoms. The van der Waals surface area contributed by atoms with Gasteiger partial charge in [0, 0.05) is 28.5 Å². The van der Waals surface area contributed by atoms with Crippen LogP contribution in [0.25, 0.3) is 0 Å². The average molecular weight is 307 g/mol. The molecule has 3 N–H and O–H groups in total. The lowest BCUT2D eigenvalue weighted by Crippen LogP contribution is -1.98. The predicted molar refractivity (Wildman–Crippen MR) is 79.0 cm³/mol. The number of ether oxygens (including phenoxy) is 1. The van der Waals surface area contributed by atoms with Crippen LogP contribution in [0.5, 0.6) is 0 Å². The minimum absolute atomic E-state index is 0.579. The molecule has 0 atom stereocenters. The second kappa shape index (κ2) is 5.89. The maximum absolute atomic E-state index is 5.72. The second-order valence-electron chi connectivity index (χ2n) is 3.95. The summed E-state index contributed by atoms with van der Waals surface area (Å²) in [5.74, 6) is 0. The minimum Gasteiger partial charge on any atom is -0.399 e. The molecule has 0 spiro atoms. The minimum atomic E-state index is 0.579. The summed E-state index contributed by atoms with van der Waals surface area (Å²) in [6, 6.07) is 13.7. The number of anilines is 3. The van der Waals surface area contributed by atoms with Gasteiger partial charge in [-0.25, -0.2) is 0 Å². The predicted octanol–water partition coefficient (Wildman–Crippen LogP) is 3.92. The van der Waals surface area contributed by atoms with Crippen molar-refractivity contribution in [2.75, 3.05) is 18.2 Å². The molecule has 0 aliphatic heterocycles. The number of nitrogen functional groups attached to an aromatic ring is 1. The largest absolute Gasteiger partial charge is 0.399 e. The number of benzene rings is 2. The Kier molecular flexibility index (Phi) is 4.23. The smallest absolute Gasteiger partial charge is 0.0733 e. The first-order valence-electron chi connectivity index (χ1n) is 5.59. The average Bonchev–Trinajstić information content (AvgIpc) is 2.35. The standard InChI is InChI=1S/C14H15BrN2O/c1-18-9-10-4-2-3-5-13(10)17-14-7-6-11(16)8-12(14)15/h2-8,17H,9,16H2,1H3. The Morgan fingerprint density at radius 2 is 1.94 bits per heavy atom. The molecule has 2 aromatic rings. The summed E-state index contributed by atoms with van der Waals surface area (Å²) < 4.78 is 6.12. The van der Waals surface area contributed by atoms with Crippen LogP contribution in [-0.2, 0) is 11.3 Å². The Hall–Kier alpha value is -1.52. The van der Waals surface area contributed by atoms with E-state index in [9.17, 15) is 0 Å². The van der Waals surface area contributed by atoms with E-state index in [0.29, 0.717) is 6.61 Å². The van der Waals surface area contributed by atoms with Gasteiger partial charge in [0.2, 0.25) is 0 Å². The Morgan fingerprint density at radius 1 is 1.17 bits per heavy atom. The van der Waals surface area contributed by atoms with Crippen LogP contribution < -0.4 is 11.1 Å². The fourth-order valence-electron chi connectivity index (χ4n) is 1.70. The van der Waals surface area contributed by atoms with Gasteiger partial charge in [-0.2, -0.15) is 0 Å². The van der Waals surface area contributed by atoms with Crippen molar-refractivity contribution >= 4 is 33.0 Å². The van der Waals surface area contributed by atoms with Gasteiger partial charge in [-0.3, -0.25) is 0 Å². The zero-order chi connectivity index (χ0) is 13.0. The molecule has 0 amide bonds. The van der Waals surface area contributed by atoms with Gasteiger partial charge in [-0.15, -0.1) is 0 Å². The molecule has 0 aromatic heterocycles. The molecule has 0 heterocycles. The molecule has 3 nitrogen and oxygen atoms in total. The van der Waals surface area contributed by atoms with E-state index in [-0.39, 0.29) is 0 Å². The van der Waals surface area contributed by atoms with E-state index in [2.05, 4.69) is 21.2 Å². The van der Waals surface area contributed by atoms with Crippen molar-refractivity contribution in [3.05, 3.63) is 52.5 Å². The summed E-state index contributed by atoms with van der Waals surface area (Å²) in [5.41, 5.74) is 9.58. The van der Waals surface area contributed by atoms with Crippen molar-refractivity contribution in [2.45, 2.75) is 6.61 Å². The van der Waals surface area contributed by atoms with E-state index in [1.807, 2.05) is 42.5 Å². The van der Waals surface area contributed by atoms with Crippen molar-refractivity contribution in [3.63, 3.8) is 0 Å². The Balaban J connectivity index is 2.28. The number of methoxy groups -OCH3 is 1. The number of hydrogen-bond acceptors (Lipinski definition) is 3. The topological polar surface area (TPSA) is 47.3 Å². The zero-order valence-corrected chi connectivity index (χ0v) is 11.7. The molecule has 0 saturated carbocycles. The van der Waals surface area contributed by atoms with Crippen LogP contribution >= 0.6 is 15.9 Å².